The number of benzene rings is 1. The zero-order chi connectivity index (χ0) is 25.3. The molecule has 2 aromatic heterocycles. The number of nitrogens with zero attached hydrogens (tertiary/aromatic N) is 3. The van der Waals surface area contributed by atoms with Crippen molar-refractivity contribution in [3.05, 3.63) is 82.2 Å². The van der Waals surface area contributed by atoms with Crippen LogP contribution in [0.15, 0.2) is 48.6 Å². The molecule has 0 bridgehead atoms. The Balaban J connectivity index is 1.79. The molecule has 0 spiro atoms. The molecule has 35 heavy (non-hydrogen) atoms. The highest BCUT2D eigenvalue weighted by Gasteiger charge is 2.46. The predicted molar refractivity (Wildman–Crippen MR) is 129 cm³/mol. The number of H-pyrrole nitrogens is 1. The van der Waals surface area contributed by atoms with E-state index in [9.17, 15) is 19.5 Å². The van der Waals surface area contributed by atoms with Crippen LogP contribution in [0.5, 0.6) is 0 Å². The Kier molecular flexibility index (Phi) is 6.59. The molecule has 3 aromatic rings. The molecule has 0 radical (unpaired) electrons. The Labute approximate surface area is 203 Å². The SMILES string of the molecule is COC(=O)c1[nH]c(C)c(C(O)=C2C(=O)C(=O)N(CCCn3ccnc3)C2c2ccc(C)cc2)c1C. The summed E-state index contributed by atoms with van der Waals surface area (Å²) in [4.78, 5) is 47.0. The maximum atomic E-state index is 13.3. The van der Waals surface area contributed by atoms with Crippen LogP contribution in [-0.4, -0.2) is 55.9 Å². The van der Waals surface area contributed by atoms with Gasteiger partial charge in [0.2, 0.25) is 0 Å². The van der Waals surface area contributed by atoms with Crippen molar-refractivity contribution in [1.82, 2.24) is 19.4 Å². The first-order valence-electron chi connectivity index (χ1n) is 11.3. The number of esters is 1. The zero-order valence-corrected chi connectivity index (χ0v) is 20.2. The molecule has 1 amide bonds. The fraction of sp³-hybridized carbons (Fsp3) is 0.308. The van der Waals surface area contributed by atoms with Gasteiger partial charge >= 0.3 is 5.97 Å². The second-order valence-electron chi connectivity index (χ2n) is 8.67. The van der Waals surface area contributed by atoms with Crippen LogP contribution < -0.4 is 0 Å². The Morgan fingerprint density at radius 1 is 1.14 bits per heavy atom. The maximum absolute atomic E-state index is 13.3. The molecule has 1 aromatic carbocycles. The van der Waals surface area contributed by atoms with Crippen molar-refractivity contribution in [2.75, 3.05) is 13.7 Å². The number of ether oxygens (including phenoxy) is 1. The number of carbonyl (C=O) groups excluding carboxylic acids is 3. The number of aryl methyl sites for hydroxylation is 3. The predicted octanol–water partition coefficient (Wildman–Crippen LogP) is 3.44. The standard InChI is InChI=1S/C26H28N4O5/c1-15-6-8-18(9-7-15)22-20(23(31)19-16(2)21(26(34)35-4)28-17(19)3)24(32)25(33)30(22)12-5-11-29-13-10-27-14-29/h6-10,13-14,22,28,31H,5,11-12H2,1-4H3. The monoisotopic (exact) mass is 476 g/mol. The van der Waals surface area contributed by atoms with E-state index in [1.165, 1.54) is 12.0 Å². The summed E-state index contributed by atoms with van der Waals surface area (Å²) in [5.74, 6) is -2.32. The van der Waals surface area contributed by atoms with Crippen molar-refractivity contribution in [3.63, 3.8) is 0 Å². The van der Waals surface area contributed by atoms with Gasteiger partial charge in [-0.3, -0.25) is 9.59 Å². The topological polar surface area (TPSA) is 118 Å². The molecule has 3 heterocycles. The van der Waals surface area contributed by atoms with Gasteiger partial charge in [-0.05, 0) is 38.3 Å². The van der Waals surface area contributed by atoms with Gasteiger partial charge in [-0.2, -0.15) is 0 Å². The van der Waals surface area contributed by atoms with E-state index in [1.807, 2.05) is 42.0 Å². The number of likely N-dealkylation sites (tertiary alicyclic amines) is 1. The minimum Gasteiger partial charge on any atom is -0.507 e. The Hall–Kier alpha value is -4.14. The minimum absolute atomic E-state index is 0.00287. The number of carbonyl (C=O) groups is 3. The lowest BCUT2D eigenvalue weighted by molar-refractivity contribution is -0.139. The van der Waals surface area contributed by atoms with Gasteiger partial charge < -0.3 is 24.3 Å². The molecular formula is C26H28N4O5. The lowest BCUT2D eigenvalue weighted by atomic mass is 9.93. The number of aromatic amines is 1. The number of aliphatic hydroxyl groups excluding tert-OH is 1. The van der Waals surface area contributed by atoms with Crippen LogP contribution in [0.2, 0.25) is 0 Å². The number of aliphatic hydroxyl groups is 1. The van der Waals surface area contributed by atoms with E-state index in [4.69, 9.17) is 4.74 Å². The number of hydrogen-bond acceptors (Lipinski definition) is 6. The van der Waals surface area contributed by atoms with Crippen molar-refractivity contribution in [2.24, 2.45) is 0 Å². The van der Waals surface area contributed by atoms with Crippen molar-refractivity contribution in [2.45, 2.75) is 39.8 Å². The summed E-state index contributed by atoms with van der Waals surface area (Å²) in [7, 11) is 1.27. The lowest BCUT2D eigenvalue weighted by Crippen LogP contribution is -2.31. The van der Waals surface area contributed by atoms with Gasteiger partial charge in [0.15, 0.2) is 0 Å². The van der Waals surface area contributed by atoms with Crippen LogP contribution in [-0.2, 0) is 20.9 Å². The Morgan fingerprint density at radius 3 is 2.49 bits per heavy atom. The molecule has 1 atom stereocenters. The van der Waals surface area contributed by atoms with Crippen LogP contribution in [0.3, 0.4) is 0 Å². The van der Waals surface area contributed by atoms with Crippen LogP contribution in [0.4, 0.5) is 0 Å². The highest BCUT2D eigenvalue weighted by molar-refractivity contribution is 6.46. The molecule has 9 heteroatoms. The summed E-state index contributed by atoms with van der Waals surface area (Å²) in [6, 6.07) is 6.78. The average molecular weight is 477 g/mol. The van der Waals surface area contributed by atoms with E-state index in [0.717, 1.165) is 11.1 Å². The fourth-order valence-corrected chi connectivity index (χ4v) is 4.59. The van der Waals surface area contributed by atoms with Crippen LogP contribution in [0.1, 0.15) is 50.9 Å². The molecular weight excluding hydrogens is 448 g/mol. The van der Waals surface area contributed by atoms with Crippen LogP contribution in [0.25, 0.3) is 5.76 Å². The number of Topliss-reactive ketones (excluding diaryl/α,β-unsaturated/α-hetero) is 1. The van der Waals surface area contributed by atoms with Gasteiger partial charge in [-0.1, -0.05) is 29.8 Å². The summed E-state index contributed by atoms with van der Waals surface area (Å²) in [6.07, 6.45) is 5.81. The van der Waals surface area contributed by atoms with Crippen LogP contribution >= 0.6 is 0 Å². The number of rotatable bonds is 7. The second kappa shape index (κ2) is 9.61. The number of methoxy groups -OCH3 is 1. The van der Waals surface area contributed by atoms with Gasteiger partial charge in [-0.15, -0.1) is 0 Å². The quantitative estimate of drug-likeness (QED) is 0.233. The highest BCUT2D eigenvalue weighted by atomic mass is 16.5. The van der Waals surface area contributed by atoms with E-state index in [-0.39, 0.29) is 17.0 Å². The Morgan fingerprint density at radius 2 is 1.86 bits per heavy atom. The molecule has 1 fully saturated rings. The van der Waals surface area contributed by atoms with Gasteiger partial charge in [0, 0.05) is 36.7 Å². The van der Waals surface area contributed by atoms with Crippen LogP contribution in [0, 0.1) is 20.8 Å². The molecule has 2 N–H and O–H groups in total. The third-order valence-electron chi connectivity index (χ3n) is 6.37. The van der Waals surface area contributed by atoms with Gasteiger partial charge in [0.05, 0.1) is 25.1 Å². The number of amides is 1. The van der Waals surface area contributed by atoms with Gasteiger partial charge in [0.1, 0.15) is 11.5 Å². The van der Waals surface area contributed by atoms with E-state index >= 15 is 0 Å². The smallest absolute Gasteiger partial charge is 0.354 e. The molecule has 0 aliphatic carbocycles. The molecule has 0 saturated carbocycles. The summed E-state index contributed by atoms with van der Waals surface area (Å²) in [5.41, 5.74) is 3.20. The van der Waals surface area contributed by atoms with Crippen molar-refractivity contribution in [1.29, 1.82) is 0 Å². The normalized spacial score (nSPS) is 17.3. The first-order valence-corrected chi connectivity index (χ1v) is 11.3. The largest absolute Gasteiger partial charge is 0.507 e. The van der Waals surface area contributed by atoms with Gasteiger partial charge in [-0.25, -0.2) is 9.78 Å². The van der Waals surface area contributed by atoms with Gasteiger partial charge in [0.25, 0.3) is 11.7 Å². The molecule has 4 rings (SSSR count). The third kappa shape index (κ3) is 4.37. The molecule has 1 unspecified atom stereocenters. The van der Waals surface area contributed by atoms with E-state index < -0.39 is 23.7 Å². The molecule has 9 nitrogen and oxygen atoms in total. The average Bonchev–Trinajstić information content (AvgIpc) is 3.52. The van der Waals surface area contributed by atoms with E-state index in [2.05, 4.69) is 9.97 Å². The Bertz CT molecular complexity index is 1300. The summed E-state index contributed by atoms with van der Waals surface area (Å²) >= 11 is 0. The van der Waals surface area contributed by atoms with E-state index in [0.29, 0.717) is 36.3 Å². The molecule has 182 valence electrons. The zero-order valence-electron chi connectivity index (χ0n) is 20.2. The van der Waals surface area contributed by atoms with Crippen molar-refractivity contribution in [3.8, 4) is 0 Å². The number of imidazole rings is 1. The maximum Gasteiger partial charge on any atom is 0.354 e. The summed E-state index contributed by atoms with van der Waals surface area (Å²) in [6.45, 7) is 6.24. The molecule has 1 aliphatic heterocycles. The first kappa shape index (κ1) is 24.0. The minimum atomic E-state index is -0.756. The van der Waals surface area contributed by atoms with Crippen molar-refractivity contribution >= 4 is 23.4 Å². The third-order valence-corrected chi connectivity index (χ3v) is 6.37. The second-order valence-corrected chi connectivity index (χ2v) is 8.67. The summed E-state index contributed by atoms with van der Waals surface area (Å²) in [5, 5.41) is 11.4. The molecule has 1 aliphatic rings. The number of ketones is 1. The first-order chi connectivity index (χ1) is 16.7. The fourth-order valence-electron chi connectivity index (χ4n) is 4.59. The highest BCUT2D eigenvalue weighted by Crippen LogP contribution is 2.41. The number of hydrogen-bond donors (Lipinski definition) is 2. The molecule has 1 saturated heterocycles. The van der Waals surface area contributed by atoms with E-state index in [1.54, 1.807) is 26.4 Å². The lowest BCUT2D eigenvalue weighted by Gasteiger charge is -2.25. The number of aromatic nitrogens is 3. The number of nitrogens with one attached hydrogen (secondary N) is 1. The van der Waals surface area contributed by atoms with Crippen molar-refractivity contribution < 1.29 is 24.2 Å². The summed E-state index contributed by atoms with van der Waals surface area (Å²) < 4.78 is 6.72.